The summed E-state index contributed by atoms with van der Waals surface area (Å²) in [5.41, 5.74) is 4.83. The Morgan fingerprint density at radius 3 is 2.44 bits per heavy atom. The number of carbonyl (C=O) groups is 1. The molecule has 7 heteroatoms. The van der Waals surface area contributed by atoms with E-state index in [1.807, 2.05) is 79.7 Å². The van der Waals surface area contributed by atoms with Crippen LogP contribution in [-0.2, 0) is 4.79 Å². The molecule has 162 valence electrons. The molecule has 1 heterocycles. The van der Waals surface area contributed by atoms with Crippen molar-refractivity contribution in [3.05, 3.63) is 99.5 Å². The molecule has 0 aliphatic carbocycles. The summed E-state index contributed by atoms with van der Waals surface area (Å²) in [6, 6.07) is 22.7. The highest BCUT2D eigenvalue weighted by atomic mass is 79.9. The van der Waals surface area contributed by atoms with Crippen LogP contribution in [0.25, 0.3) is 5.70 Å². The summed E-state index contributed by atoms with van der Waals surface area (Å²) in [6.07, 6.45) is 0. The molecule has 3 aromatic rings. The Balaban J connectivity index is 1.83. The molecule has 5 nitrogen and oxygen atoms in total. The zero-order valence-corrected chi connectivity index (χ0v) is 20.0. The summed E-state index contributed by atoms with van der Waals surface area (Å²) < 4.78 is 6.16. The van der Waals surface area contributed by atoms with Crippen molar-refractivity contribution >= 4 is 50.6 Å². The number of nitrogens with one attached hydrogen (secondary N) is 3. The molecule has 1 aliphatic heterocycles. The maximum Gasteiger partial charge on any atom is 0.256 e. The molecule has 1 aliphatic rings. The lowest BCUT2D eigenvalue weighted by Crippen LogP contribution is -2.45. The van der Waals surface area contributed by atoms with Crippen LogP contribution in [-0.4, -0.2) is 18.1 Å². The summed E-state index contributed by atoms with van der Waals surface area (Å²) in [5.74, 6) is 0.496. The van der Waals surface area contributed by atoms with Crippen molar-refractivity contribution in [3.8, 4) is 5.75 Å². The number of amides is 1. The fourth-order valence-electron chi connectivity index (χ4n) is 3.59. The predicted molar refractivity (Wildman–Crippen MR) is 135 cm³/mol. The predicted octanol–water partition coefficient (Wildman–Crippen LogP) is 5.33. The van der Waals surface area contributed by atoms with E-state index in [2.05, 4.69) is 31.9 Å². The minimum absolute atomic E-state index is 0.216. The number of hydrogen-bond acceptors (Lipinski definition) is 3. The number of rotatable bonds is 5. The van der Waals surface area contributed by atoms with Gasteiger partial charge in [-0.05, 0) is 70.5 Å². The fourth-order valence-corrected chi connectivity index (χ4v) is 4.37. The van der Waals surface area contributed by atoms with E-state index in [0.29, 0.717) is 22.1 Å². The molecule has 4 rings (SSSR count). The molecule has 0 aromatic heterocycles. The van der Waals surface area contributed by atoms with Gasteiger partial charge >= 0.3 is 0 Å². The van der Waals surface area contributed by atoms with Crippen LogP contribution >= 0.6 is 28.1 Å². The first-order valence-electron chi connectivity index (χ1n) is 10.0. The number of methoxy groups -OCH3 is 1. The Morgan fingerprint density at radius 1 is 1.06 bits per heavy atom. The summed E-state index contributed by atoms with van der Waals surface area (Å²) in [5, 5.41) is 9.95. The second-order valence-electron chi connectivity index (χ2n) is 7.40. The van der Waals surface area contributed by atoms with Gasteiger partial charge in [-0.1, -0.05) is 54.1 Å². The quantitative estimate of drug-likeness (QED) is 0.407. The van der Waals surface area contributed by atoms with Crippen molar-refractivity contribution in [2.75, 3.05) is 12.4 Å². The zero-order chi connectivity index (χ0) is 22.7. The smallest absolute Gasteiger partial charge is 0.256 e. The van der Waals surface area contributed by atoms with Crippen molar-refractivity contribution in [3.63, 3.8) is 0 Å². The third-order valence-electron chi connectivity index (χ3n) is 5.20. The molecule has 1 amide bonds. The lowest BCUT2D eigenvalue weighted by atomic mass is 9.92. The molecule has 32 heavy (non-hydrogen) atoms. The second-order valence-corrected chi connectivity index (χ2v) is 8.66. The molecule has 0 radical (unpaired) electrons. The van der Waals surface area contributed by atoms with E-state index in [4.69, 9.17) is 17.0 Å². The average Bonchev–Trinajstić information content (AvgIpc) is 2.80. The number of halogens is 1. The lowest BCUT2D eigenvalue weighted by Gasteiger charge is -2.32. The van der Waals surface area contributed by atoms with Gasteiger partial charge in [0.2, 0.25) is 0 Å². The van der Waals surface area contributed by atoms with Gasteiger partial charge < -0.3 is 20.7 Å². The summed E-state index contributed by atoms with van der Waals surface area (Å²) in [7, 11) is 1.62. The Kier molecular flexibility index (Phi) is 6.58. The van der Waals surface area contributed by atoms with Crippen molar-refractivity contribution in [2.45, 2.75) is 13.0 Å². The largest absolute Gasteiger partial charge is 0.496 e. The van der Waals surface area contributed by atoms with Gasteiger partial charge in [-0.2, -0.15) is 0 Å². The first-order chi connectivity index (χ1) is 15.5. The normalized spacial score (nSPS) is 15.6. The van der Waals surface area contributed by atoms with Gasteiger partial charge in [0.1, 0.15) is 5.75 Å². The molecular formula is C25H22BrN3O2S. The number of anilines is 1. The third kappa shape index (κ3) is 4.69. The van der Waals surface area contributed by atoms with Crippen molar-refractivity contribution in [2.24, 2.45) is 0 Å². The van der Waals surface area contributed by atoms with Gasteiger partial charge in [0.05, 0.1) is 28.9 Å². The van der Waals surface area contributed by atoms with Gasteiger partial charge in [-0.3, -0.25) is 4.79 Å². The SMILES string of the molecule is COc1ccc([C@@H]2NC(=S)NC(c3ccccc3)=C2C(=O)Nc2ccc(C)cc2)cc1Br. The van der Waals surface area contributed by atoms with E-state index in [0.717, 1.165) is 26.9 Å². The molecule has 0 bridgehead atoms. The highest BCUT2D eigenvalue weighted by Crippen LogP contribution is 2.35. The third-order valence-corrected chi connectivity index (χ3v) is 6.04. The summed E-state index contributed by atoms with van der Waals surface area (Å²) in [6.45, 7) is 2.01. The first kappa shape index (κ1) is 22.0. The molecule has 1 atom stereocenters. The van der Waals surface area contributed by atoms with Crippen LogP contribution in [0.15, 0.2) is 82.8 Å². The topological polar surface area (TPSA) is 62.4 Å². The maximum atomic E-state index is 13.6. The molecule has 0 fully saturated rings. The Bertz CT molecular complexity index is 1190. The Morgan fingerprint density at radius 2 is 1.78 bits per heavy atom. The molecule has 0 unspecified atom stereocenters. The Hall–Kier alpha value is -3.16. The van der Waals surface area contributed by atoms with Gasteiger partial charge in [0.15, 0.2) is 5.11 Å². The first-order valence-corrected chi connectivity index (χ1v) is 11.2. The number of hydrogen-bond donors (Lipinski definition) is 3. The highest BCUT2D eigenvalue weighted by Gasteiger charge is 2.32. The summed E-state index contributed by atoms with van der Waals surface area (Å²) in [4.78, 5) is 13.6. The van der Waals surface area contributed by atoms with E-state index >= 15 is 0 Å². The number of ether oxygens (including phenoxy) is 1. The van der Waals surface area contributed by atoms with Crippen LogP contribution in [0.5, 0.6) is 5.75 Å². The summed E-state index contributed by atoms with van der Waals surface area (Å²) >= 11 is 9.05. The number of carbonyl (C=O) groups excluding carboxylic acids is 1. The standard InChI is InChI=1S/C25H22BrN3O2S/c1-15-8-11-18(12-9-15)27-24(30)21-22(16-6-4-3-5-7-16)28-25(32)29-23(21)17-10-13-20(31-2)19(26)14-17/h3-14,23H,1-2H3,(H,27,30)(H2,28,29,32)/t23-/m0/s1. The monoisotopic (exact) mass is 507 g/mol. The zero-order valence-electron chi connectivity index (χ0n) is 17.6. The molecule has 0 saturated carbocycles. The number of thiocarbonyl (C=S) groups is 1. The van der Waals surface area contributed by atoms with Crippen LogP contribution < -0.4 is 20.7 Å². The maximum absolute atomic E-state index is 13.6. The van der Waals surface area contributed by atoms with Crippen LogP contribution in [0.2, 0.25) is 0 Å². The van der Waals surface area contributed by atoms with Gasteiger partial charge in [-0.25, -0.2) is 0 Å². The van der Waals surface area contributed by atoms with Gasteiger partial charge in [0.25, 0.3) is 5.91 Å². The van der Waals surface area contributed by atoms with Gasteiger partial charge in [-0.15, -0.1) is 0 Å². The molecule has 0 saturated heterocycles. The minimum atomic E-state index is -0.452. The van der Waals surface area contributed by atoms with Crippen LogP contribution in [0, 0.1) is 6.92 Å². The van der Waals surface area contributed by atoms with Crippen molar-refractivity contribution in [1.29, 1.82) is 0 Å². The second kappa shape index (κ2) is 9.54. The van der Waals surface area contributed by atoms with E-state index in [1.54, 1.807) is 7.11 Å². The Labute approximate surface area is 201 Å². The van der Waals surface area contributed by atoms with E-state index < -0.39 is 6.04 Å². The van der Waals surface area contributed by atoms with Crippen molar-refractivity contribution < 1.29 is 9.53 Å². The number of benzene rings is 3. The molecule has 3 N–H and O–H groups in total. The van der Waals surface area contributed by atoms with E-state index in [1.165, 1.54) is 0 Å². The molecule has 3 aromatic carbocycles. The van der Waals surface area contributed by atoms with Gasteiger partial charge in [0, 0.05) is 5.69 Å². The van der Waals surface area contributed by atoms with Crippen LogP contribution in [0.1, 0.15) is 22.7 Å². The minimum Gasteiger partial charge on any atom is -0.496 e. The molecular weight excluding hydrogens is 486 g/mol. The molecule has 0 spiro atoms. The van der Waals surface area contributed by atoms with E-state index in [-0.39, 0.29) is 5.91 Å². The number of aryl methyl sites for hydroxylation is 1. The van der Waals surface area contributed by atoms with Crippen molar-refractivity contribution in [1.82, 2.24) is 10.6 Å². The highest BCUT2D eigenvalue weighted by molar-refractivity contribution is 9.10. The lowest BCUT2D eigenvalue weighted by molar-refractivity contribution is -0.113. The van der Waals surface area contributed by atoms with E-state index in [9.17, 15) is 4.79 Å². The van der Waals surface area contributed by atoms with Crippen LogP contribution in [0.4, 0.5) is 5.69 Å². The average molecular weight is 508 g/mol. The fraction of sp³-hybridized carbons (Fsp3) is 0.120. The van der Waals surface area contributed by atoms with Crippen LogP contribution in [0.3, 0.4) is 0 Å².